The van der Waals surface area contributed by atoms with E-state index in [4.69, 9.17) is 10.7 Å². The molecule has 5 rings (SSSR count). The molecule has 2 aromatic carbocycles. The highest BCUT2D eigenvalue weighted by molar-refractivity contribution is 6.11. The summed E-state index contributed by atoms with van der Waals surface area (Å²) in [6.07, 6.45) is 17.1. The minimum absolute atomic E-state index is 0.0357. The molecule has 0 bridgehead atoms. The van der Waals surface area contributed by atoms with Gasteiger partial charge in [-0.25, -0.2) is 0 Å². The third-order valence-electron chi connectivity index (χ3n) is 11.0. The number of pyridine rings is 1. The number of hydrogen-bond donors (Lipinski definition) is 3. The normalized spacial score (nSPS) is 19.6. The van der Waals surface area contributed by atoms with Gasteiger partial charge in [-0.05, 0) is 122 Å². The molecule has 1 aromatic heterocycles. The zero-order chi connectivity index (χ0) is 30.8. The van der Waals surface area contributed by atoms with Crippen LogP contribution >= 0.6 is 0 Å². The van der Waals surface area contributed by atoms with Gasteiger partial charge in [-0.3, -0.25) is 9.78 Å². The highest BCUT2D eigenvalue weighted by atomic mass is 16.3. The van der Waals surface area contributed by atoms with Gasteiger partial charge in [0.05, 0.1) is 24.3 Å². The van der Waals surface area contributed by atoms with E-state index in [1.165, 1.54) is 43.2 Å². The molecule has 4 N–H and O–H groups in total. The standard InChI is InChI=1S/C38H50N2O3/c1-25(28-10-6-5-7-11-28)9-8-12-29-21-30(14-13-26(29)2)31-22-32(37(4)16-18-38(23-41,24-42)19-17-37)34(36(39)43)35-33(31)27(3)15-20-40-35/h8-9,13-15,20-22,25,28,41-42H,5-7,10-12,16-19,23-24H2,1-4H3,(H2,39,43). The van der Waals surface area contributed by atoms with Crippen LogP contribution in [0.25, 0.3) is 22.0 Å². The monoisotopic (exact) mass is 582 g/mol. The number of aryl methyl sites for hydroxylation is 2. The number of aromatic nitrogens is 1. The van der Waals surface area contributed by atoms with E-state index in [2.05, 4.69) is 64.1 Å². The maximum atomic E-state index is 13.1. The summed E-state index contributed by atoms with van der Waals surface area (Å²) in [7, 11) is 0. The average molecular weight is 583 g/mol. The first-order valence-electron chi connectivity index (χ1n) is 16.3. The van der Waals surface area contributed by atoms with E-state index in [1.54, 1.807) is 6.20 Å². The Labute approximate surface area is 257 Å². The van der Waals surface area contributed by atoms with Crippen molar-refractivity contribution in [2.24, 2.45) is 23.0 Å². The summed E-state index contributed by atoms with van der Waals surface area (Å²) < 4.78 is 0. The number of aliphatic hydroxyl groups excluding tert-OH is 2. The van der Waals surface area contributed by atoms with Gasteiger partial charge >= 0.3 is 0 Å². The second-order valence-electron chi connectivity index (χ2n) is 14.0. The molecular weight excluding hydrogens is 532 g/mol. The third-order valence-corrected chi connectivity index (χ3v) is 11.0. The molecule has 0 aliphatic heterocycles. The molecule has 0 radical (unpaired) electrons. The summed E-state index contributed by atoms with van der Waals surface area (Å²) >= 11 is 0. The van der Waals surface area contributed by atoms with E-state index < -0.39 is 11.3 Å². The molecule has 5 nitrogen and oxygen atoms in total. The molecule has 1 atom stereocenters. The van der Waals surface area contributed by atoms with E-state index in [0.717, 1.165) is 52.8 Å². The number of nitrogens with zero attached hydrogens (tertiary/aromatic N) is 1. The predicted octanol–water partition coefficient (Wildman–Crippen LogP) is 7.74. The van der Waals surface area contributed by atoms with Crippen LogP contribution in [0, 0.1) is 31.1 Å². The van der Waals surface area contributed by atoms with Gasteiger partial charge in [-0.2, -0.15) is 0 Å². The first kappa shape index (κ1) is 31.4. The summed E-state index contributed by atoms with van der Waals surface area (Å²) in [6, 6.07) is 10.9. The van der Waals surface area contributed by atoms with Crippen molar-refractivity contribution in [1.29, 1.82) is 0 Å². The lowest BCUT2D eigenvalue weighted by atomic mass is 9.61. The van der Waals surface area contributed by atoms with Crippen molar-refractivity contribution in [3.05, 3.63) is 76.5 Å². The Balaban J connectivity index is 1.57. The van der Waals surface area contributed by atoms with Crippen molar-refractivity contribution in [3.8, 4) is 11.1 Å². The van der Waals surface area contributed by atoms with Crippen LogP contribution in [0.3, 0.4) is 0 Å². The number of amides is 1. The fraction of sp³-hybridized carbons (Fsp3) is 0.526. The quantitative estimate of drug-likeness (QED) is 0.225. The number of benzene rings is 2. The van der Waals surface area contributed by atoms with Crippen LogP contribution in [0.5, 0.6) is 0 Å². The van der Waals surface area contributed by atoms with Crippen LogP contribution in [0.15, 0.2) is 48.7 Å². The lowest BCUT2D eigenvalue weighted by Gasteiger charge is -2.44. The zero-order valence-corrected chi connectivity index (χ0v) is 26.6. The minimum atomic E-state index is -0.477. The summed E-state index contributed by atoms with van der Waals surface area (Å²) in [4.78, 5) is 17.9. The molecule has 230 valence electrons. The Bertz CT molecular complexity index is 1490. The number of fused-ring (bicyclic) bond motifs is 1. The molecule has 2 fully saturated rings. The second kappa shape index (κ2) is 12.9. The van der Waals surface area contributed by atoms with Crippen molar-refractivity contribution in [1.82, 2.24) is 4.98 Å². The van der Waals surface area contributed by atoms with Gasteiger partial charge < -0.3 is 15.9 Å². The Kier molecular flexibility index (Phi) is 9.43. The Hall–Kier alpha value is -3.02. The van der Waals surface area contributed by atoms with E-state index in [-0.39, 0.29) is 18.6 Å². The SMILES string of the molecule is Cc1ccc(-c2cc(C3(C)CCC(CO)(CO)CC3)c(C(N)=O)c3nccc(C)c23)cc1CC=CC(C)C1CCCCC1. The number of aliphatic hydroxyl groups is 2. The Morgan fingerprint density at radius 3 is 2.37 bits per heavy atom. The zero-order valence-electron chi connectivity index (χ0n) is 26.6. The van der Waals surface area contributed by atoms with Gasteiger partial charge in [0.2, 0.25) is 0 Å². The van der Waals surface area contributed by atoms with Crippen molar-refractivity contribution in [2.45, 2.75) is 97.3 Å². The van der Waals surface area contributed by atoms with E-state index in [9.17, 15) is 15.0 Å². The summed E-state index contributed by atoms with van der Waals surface area (Å²) in [5.41, 5.74) is 13.2. The number of nitrogens with two attached hydrogens (primary N) is 1. The molecule has 1 unspecified atom stereocenters. The second-order valence-corrected chi connectivity index (χ2v) is 14.0. The van der Waals surface area contributed by atoms with Crippen molar-refractivity contribution in [2.75, 3.05) is 13.2 Å². The maximum absolute atomic E-state index is 13.1. The van der Waals surface area contributed by atoms with Crippen LogP contribution in [-0.4, -0.2) is 34.3 Å². The number of hydrogen-bond acceptors (Lipinski definition) is 4. The molecule has 2 aliphatic rings. The molecule has 0 saturated heterocycles. The first-order chi connectivity index (χ1) is 20.6. The topological polar surface area (TPSA) is 96.4 Å². The van der Waals surface area contributed by atoms with Crippen molar-refractivity contribution < 1.29 is 15.0 Å². The van der Waals surface area contributed by atoms with E-state index >= 15 is 0 Å². The molecule has 2 aliphatic carbocycles. The number of carbonyl (C=O) groups is 1. The van der Waals surface area contributed by atoms with Crippen LogP contribution in [0.2, 0.25) is 0 Å². The summed E-state index contributed by atoms with van der Waals surface area (Å²) in [6.45, 7) is 8.75. The predicted molar refractivity (Wildman–Crippen MR) is 176 cm³/mol. The lowest BCUT2D eigenvalue weighted by molar-refractivity contribution is 0.00638. The van der Waals surface area contributed by atoms with Gasteiger partial charge in [0, 0.05) is 17.0 Å². The average Bonchev–Trinajstić information content (AvgIpc) is 3.02. The Morgan fingerprint density at radius 1 is 1.02 bits per heavy atom. The number of primary amides is 1. The van der Waals surface area contributed by atoms with Crippen LogP contribution in [0.1, 0.15) is 104 Å². The first-order valence-corrected chi connectivity index (χ1v) is 16.3. The smallest absolute Gasteiger partial charge is 0.251 e. The van der Waals surface area contributed by atoms with Crippen LogP contribution < -0.4 is 5.73 Å². The van der Waals surface area contributed by atoms with Crippen LogP contribution in [-0.2, 0) is 11.8 Å². The van der Waals surface area contributed by atoms with Gasteiger partial charge in [0.25, 0.3) is 5.91 Å². The summed E-state index contributed by atoms with van der Waals surface area (Å²) in [5, 5.41) is 21.1. The van der Waals surface area contributed by atoms with Crippen molar-refractivity contribution in [3.63, 3.8) is 0 Å². The number of carbonyl (C=O) groups excluding carboxylic acids is 1. The maximum Gasteiger partial charge on any atom is 0.251 e. The molecule has 5 heteroatoms. The molecule has 0 spiro atoms. The molecule has 3 aromatic rings. The third kappa shape index (κ3) is 6.30. The fourth-order valence-electron chi connectivity index (χ4n) is 7.71. The Morgan fingerprint density at radius 2 is 1.72 bits per heavy atom. The molecule has 1 heterocycles. The molecule has 2 saturated carbocycles. The van der Waals surface area contributed by atoms with Gasteiger partial charge in [0.15, 0.2) is 0 Å². The minimum Gasteiger partial charge on any atom is -0.396 e. The number of allylic oxidation sites excluding steroid dienone is 2. The van der Waals surface area contributed by atoms with Gasteiger partial charge in [-0.15, -0.1) is 0 Å². The highest BCUT2D eigenvalue weighted by Crippen LogP contribution is 2.49. The summed E-state index contributed by atoms with van der Waals surface area (Å²) in [5.74, 6) is 0.952. The number of rotatable bonds is 9. The lowest BCUT2D eigenvalue weighted by Crippen LogP contribution is -2.40. The van der Waals surface area contributed by atoms with Crippen molar-refractivity contribution >= 4 is 16.8 Å². The van der Waals surface area contributed by atoms with Crippen LogP contribution in [0.4, 0.5) is 0 Å². The fourth-order valence-corrected chi connectivity index (χ4v) is 7.71. The van der Waals surface area contributed by atoms with Gasteiger partial charge in [-0.1, -0.05) is 63.5 Å². The van der Waals surface area contributed by atoms with Gasteiger partial charge in [0.1, 0.15) is 0 Å². The van der Waals surface area contributed by atoms with E-state index in [0.29, 0.717) is 29.8 Å². The molecule has 1 amide bonds. The highest BCUT2D eigenvalue weighted by Gasteiger charge is 2.42. The largest absolute Gasteiger partial charge is 0.396 e. The molecule has 43 heavy (non-hydrogen) atoms. The molecular formula is C38H50N2O3. The van der Waals surface area contributed by atoms with E-state index in [1.807, 2.05) is 6.07 Å².